The summed E-state index contributed by atoms with van der Waals surface area (Å²) in [5.41, 5.74) is 2.32. The number of esters is 1. The van der Waals surface area contributed by atoms with Crippen LogP contribution in [0.15, 0.2) is 24.5 Å². The summed E-state index contributed by atoms with van der Waals surface area (Å²) in [5, 5.41) is 22.3. The zero-order chi connectivity index (χ0) is 24.3. The van der Waals surface area contributed by atoms with E-state index < -0.39 is 10.9 Å². The Morgan fingerprint density at radius 1 is 1.26 bits per heavy atom. The smallest absolute Gasteiger partial charge is 0.347 e. The number of benzene rings is 1. The topological polar surface area (TPSA) is 111 Å². The maximum atomic E-state index is 12.8. The minimum absolute atomic E-state index is 0.0205. The molecule has 3 heterocycles. The van der Waals surface area contributed by atoms with Crippen molar-refractivity contribution in [2.75, 3.05) is 31.7 Å². The molecule has 1 saturated heterocycles. The van der Waals surface area contributed by atoms with E-state index in [4.69, 9.17) is 4.74 Å². The molecular formula is C25H28N4O5S. The molecule has 3 atom stereocenters. The highest BCUT2D eigenvalue weighted by Gasteiger charge is 2.56. The number of aliphatic hydroxyl groups is 1. The van der Waals surface area contributed by atoms with Crippen LogP contribution in [0.5, 0.6) is 0 Å². The number of piperidine rings is 1. The Labute approximate surface area is 206 Å². The first-order chi connectivity index (χ1) is 17.0. The first-order valence-corrected chi connectivity index (χ1v) is 13.1. The van der Waals surface area contributed by atoms with Crippen LogP contribution in [-0.2, 0) is 4.74 Å². The number of aliphatic hydroxyl groups excluding tert-OH is 1. The number of fused-ring (bicyclic) bond motifs is 2. The van der Waals surface area contributed by atoms with E-state index in [1.807, 2.05) is 29.4 Å². The van der Waals surface area contributed by atoms with Gasteiger partial charge >= 0.3 is 11.7 Å². The standard InChI is InChI=1S/C25H28N4O5S/c1-34-25(31)21-22(29(32)33)23(35-24(21)27-10-16-17(11-27)18(16)12-30)14-7-8-20-19(9-14)26-13-28(20)15-5-3-2-4-6-15/h7-9,13,15-18,30H,2-6,10-12H2,1H3/t16-,17+,18+. The Bertz CT molecular complexity index is 1300. The van der Waals surface area contributed by atoms with Crippen LogP contribution in [0.4, 0.5) is 10.7 Å². The lowest BCUT2D eigenvalue weighted by Crippen LogP contribution is -2.25. The normalized spacial score (nSPS) is 24.1. The molecule has 0 radical (unpaired) electrons. The number of hydrogen-bond acceptors (Lipinski definition) is 8. The number of methoxy groups -OCH3 is 1. The van der Waals surface area contributed by atoms with Gasteiger partial charge in [0.1, 0.15) is 9.88 Å². The van der Waals surface area contributed by atoms with Crippen molar-refractivity contribution < 1.29 is 19.6 Å². The highest BCUT2D eigenvalue weighted by Crippen LogP contribution is 2.56. The van der Waals surface area contributed by atoms with Gasteiger partial charge in [-0.15, -0.1) is 11.3 Å². The fourth-order valence-corrected chi connectivity index (χ4v) is 7.47. The Balaban J connectivity index is 1.41. The maximum absolute atomic E-state index is 12.8. The van der Waals surface area contributed by atoms with E-state index in [0.29, 0.717) is 52.3 Å². The maximum Gasteiger partial charge on any atom is 0.347 e. The average Bonchev–Trinajstić information content (AvgIpc) is 3.29. The number of nitro groups is 1. The van der Waals surface area contributed by atoms with Crippen LogP contribution >= 0.6 is 11.3 Å². The SMILES string of the molecule is COC(=O)c1c(N2C[C@@H]3[C@@H](CO)[C@@H]3C2)sc(-c2ccc3c(c2)ncn3C2CCCCC2)c1[N+](=O)[O-]. The summed E-state index contributed by atoms with van der Waals surface area (Å²) < 4.78 is 7.22. The van der Waals surface area contributed by atoms with Crippen LogP contribution < -0.4 is 4.90 Å². The van der Waals surface area contributed by atoms with Crippen molar-refractivity contribution in [1.82, 2.24) is 9.55 Å². The van der Waals surface area contributed by atoms with Crippen LogP contribution in [-0.4, -0.2) is 52.4 Å². The van der Waals surface area contributed by atoms with E-state index in [-0.39, 0.29) is 17.9 Å². The Hall–Kier alpha value is -2.98. The molecule has 35 heavy (non-hydrogen) atoms. The van der Waals surface area contributed by atoms with E-state index in [2.05, 4.69) is 9.55 Å². The molecule has 1 aliphatic heterocycles. The van der Waals surface area contributed by atoms with Crippen molar-refractivity contribution >= 4 is 39.0 Å². The van der Waals surface area contributed by atoms with Gasteiger partial charge in [-0.05, 0) is 42.7 Å². The molecule has 3 aliphatic rings. The fraction of sp³-hybridized carbons (Fsp3) is 0.520. The Morgan fingerprint density at radius 2 is 2.00 bits per heavy atom. The molecule has 3 fully saturated rings. The third-order valence-electron chi connectivity index (χ3n) is 8.11. The molecule has 0 bridgehead atoms. The van der Waals surface area contributed by atoms with E-state index in [9.17, 15) is 20.0 Å². The van der Waals surface area contributed by atoms with Gasteiger partial charge in [-0.25, -0.2) is 9.78 Å². The lowest BCUT2D eigenvalue weighted by atomic mass is 9.95. The number of anilines is 1. The third-order valence-corrected chi connectivity index (χ3v) is 9.40. The zero-order valence-electron chi connectivity index (χ0n) is 19.6. The van der Waals surface area contributed by atoms with Gasteiger partial charge in [0.25, 0.3) is 0 Å². The summed E-state index contributed by atoms with van der Waals surface area (Å²) in [4.78, 5) is 31.6. The predicted octanol–water partition coefficient (Wildman–Crippen LogP) is 4.64. The van der Waals surface area contributed by atoms with Gasteiger partial charge in [0.2, 0.25) is 0 Å². The van der Waals surface area contributed by atoms with Gasteiger partial charge in [-0.3, -0.25) is 10.1 Å². The van der Waals surface area contributed by atoms with Crippen molar-refractivity contribution in [3.63, 3.8) is 0 Å². The lowest BCUT2D eigenvalue weighted by Gasteiger charge is -2.23. The van der Waals surface area contributed by atoms with Gasteiger partial charge in [0, 0.05) is 31.3 Å². The number of carbonyl (C=O) groups is 1. The second kappa shape index (κ2) is 8.60. The molecule has 0 amide bonds. The average molecular weight is 497 g/mol. The molecule has 184 valence electrons. The summed E-state index contributed by atoms with van der Waals surface area (Å²) in [6.07, 6.45) is 7.89. The molecule has 0 spiro atoms. The molecule has 2 saturated carbocycles. The largest absolute Gasteiger partial charge is 0.465 e. The quantitative estimate of drug-likeness (QED) is 0.301. The summed E-state index contributed by atoms with van der Waals surface area (Å²) in [7, 11) is 1.25. The molecule has 1 aromatic carbocycles. The van der Waals surface area contributed by atoms with Crippen LogP contribution in [0.2, 0.25) is 0 Å². The van der Waals surface area contributed by atoms with Crippen LogP contribution in [0.25, 0.3) is 21.5 Å². The summed E-state index contributed by atoms with van der Waals surface area (Å²) in [6, 6.07) is 6.22. The highest BCUT2D eigenvalue weighted by molar-refractivity contribution is 7.20. The monoisotopic (exact) mass is 496 g/mol. The molecule has 2 aliphatic carbocycles. The highest BCUT2D eigenvalue weighted by atomic mass is 32.1. The minimum atomic E-state index is -0.698. The summed E-state index contributed by atoms with van der Waals surface area (Å²) in [6.45, 7) is 1.53. The minimum Gasteiger partial charge on any atom is -0.465 e. The lowest BCUT2D eigenvalue weighted by molar-refractivity contribution is -0.384. The van der Waals surface area contributed by atoms with Crippen molar-refractivity contribution in [2.24, 2.45) is 17.8 Å². The number of aromatic nitrogens is 2. The number of thiophene rings is 1. The zero-order valence-corrected chi connectivity index (χ0v) is 20.4. The molecule has 1 N–H and O–H groups in total. The van der Waals surface area contributed by atoms with Gasteiger partial charge in [0.05, 0.1) is 29.4 Å². The van der Waals surface area contributed by atoms with E-state index >= 15 is 0 Å². The number of rotatable bonds is 6. The molecule has 2 aromatic heterocycles. The van der Waals surface area contributed by atoms with Gasteiger partial charge in [-0.2, -0.15) is 0 Å². The summed E-state index contributed by atoms with van der Waals surface area (Å²) >= 11 is 1.27. The van der Waals surface area contributed by atoms with Gasteiger partial charge in [-0.1, -0.05) is 25.3 Å². The predicted molar refractivity (Wildman–Crippen MR) is 133 cm³/mol. The number of imidazole rings is 1. The summed E-state index contributed by atoms with van der Waals surface area (Å²) in [5.74, 6) is 0.338. The molecular weight excluding hydrogens is 468 g/mol. The van der Waals surface area contributed by atoms with E-state index in [0.717, 1.165) is 23.9 Å². The van der Waals surface area contributed by atoms with Gasteiger partial charge in [0.15, 0.2) is 5.56 Å². The van der Waals surface area contributed by atoms with Crippen LogP contribution in [0.1, 0.15) is 48.5 Å². The fourth-order valence-electron chi connectivity index (χ4n) is 6.20. The molecule has 9 nitrogen and oxygen atoms in total. The second-order valence-corrected chi connectivity index (χ2v) is 10.9. The second-order valence-electron chi connectivity index (χ2n) is 9.93. The first kappa shape index (κ1) is 22.5. The van der Waals surface area contributed by atoms with Crippen molar-refractivity contribution in [1.29, 1.82) is 0 Å². The molecule has 0 unspecified atom stereocenters. The van der Waals surface area contributed by atoms with Crippen LogP contribution in [0.3, 0.4) is 0 Å². The third kappa shape index (κ3) is 3.61. The number of ether oxygens (including phenoxy) is 1. The van der Waals surface area contributed by atoms with Crippen LogP contribution in [0, 0.1) is 27.9 Å². The van der Waals surface area contributed by atoms with E-state index in [1.54, 1.807) is 0 Å². The molecule has 3 aromatic rings. The first-order valence-electron chi connectivity index (χ1n) is 12.2. The number of nitrogens with zero attached hydrogens (tertiary/aromatic N) is 4. The number of hydrogen-bond donors (Lipinski definition) is 1. The van der Waals surface area contributed by atoms with Gasteiger partial charge < -0.3 is 19.3 Å². The van der Waals surface area contributed by atoms with E-state index in [1.165, 1.54) is 37.7 Å². The van der Waals surface area contributed by atoms with Crippen molar-refractivity contribution in [3.05, 3.63) is 40.2 Å². The molecule has 6 rings (SSSR count). The Kier molecular flexibility index (Phi) is 5.52. The Morgan fingerprint density at radius 3 is 2.66 bits per heavy atom. The van der Waals surface area contributed by atoms with Crippen molar-refractivity contribution in [3.8, 4) is 10.4 Å². The molecule has 10 heteroatoms. The number of carbonyl (C=O) groups excluding carboxylic acids is 1. The van der Waals surface area contributed by atoms with Crippen molar-refractivity contribution in [2.45, 2.75) is 38.1 Å².